The number of furan rings is 1. The molecule has 0 saturated carbocycles. The number of hydrogen-bond acceptors (Lipinski definition) is 3. The van der Waals surface area contributed by atoms with Gasteiger partial charge in [0.25, 0.3) is 0 Å². The first-order valence-corrected chi connectivity index (χ1v) is 6.44. The zero-order valence-electron chi connectivity index (χ0n) is 11.0. The molecule has 2 aromatic rings. The third-order valence-electron chi connectivity index (χ3n) is 3.09. The molecule has 1 amide bonds. The number of amides is 1. The molecule has 4 heteroatoms. The highest BCUT2D eigenvalue weighted by Gasteiger charge is 2.15. The molecule has 0 bridgehead atoms. The van der Waals surface area contributed by atoms with Crippen molar-refractivity contribution in [2.75, 3.05) is 0 Å². The van der Waals surface area contributed by atoms with Crippen LogP contribution in [0.3, 0.4) is 0 Å². The molecule has 1 aromatic heterocycles. The van der Waals surface area contributed by atoms with Crippen LogP contribution in [-0.2, 0) is 6.42 Å². The molecule has 1 heterocycles. The Balaban J connectivity index is 2.23. The van der Waals surface area contributed by atoms with Crippen molar-refractivity contribution in [1.29, 1.82) is 0 Å². The Kier molecular flexibility index (Phi) is 4.36. The molecule has 1 aromatic carbocycles. The summed E-state index contributed by atoms with van der Waals surface area (Å²) < 4.78 is 5.17. The minimum Gasteiger partial charge on any atom is -0.458 e. The van der Waals surface area contributed by atoms with Crippen LogP contribution in [0.25, 0.3) is 11.1 Å². The van der Waals surface area contributed by atoms with Crippen LogP contribution in [0.4, 0.5) is 0 Å². The second-order valence-electron chi connectivity index (χ2n) is 4.44. The van der Waals surface area contributed by atoms with E-state index in [2.05, 4.69) is 24.5 Å². The van der Waals surface area contributed by atoms with Gasteiger partial charge in [-0.25, -0.2) is 5.84 Å². The van der Waals surface area contributed by atoms with Gasteiger partial charge in [-0.2, -0.15) is 0 Å². The maximum atomic E-state index is 11.5. The van der Waals surface area contributed by atoms with Gasteiger partial charge in [0.2, 0.25) is 0 Å². The first-order valence-electron chi connectivity index (χ1n) is 6.44. The van der Waals surface area contributed by atoms with Crippen LogP contribution in [0.1, 0.15) is 35.9 Å². The first kappa shape index (κ1) is 13.4. The van der Waals surface area contributed by atoms with Gasteiger partial charge in [0.05, 0.1) is 6.26 Å². The lowest BCUT2D eigenvalue weighted by Gasteiger charge is -2.04. The number of nitrogen functional groups attached to an aromatic ring is 1. The molecule has 100 valence electrons. The maximum absolute atomic E-state index is 11.5. The van der Waals surface area contributed by atoms with Crippen LogP contribution >= 0.6 is 0 Å². The fourth-order valence-electron chi connectivity index (χ4n) is 2.01. The smallest absolute Gasteiger partial charge is 0.301 e. The molecule has 0 fully saturated rings. The summed E-state index contributed by atoms with van der Waals surface area (Å²) in [5.74, 6) is 4.95. The first-order chi connectivity index (χ1) is 9.26. The SMILES string of the molecule is CCCCc1ccc(-c2ccoc2C(=O)NN)cc1. The molecule has 0 saturated heterocycles. The van der Waals surface area contributed by atoms with Crippen molar-refractivity contribution >= 4 is 5.91 Å². The lowest BCUT2D eigenvalue weighted by atomic mass is 10.0. The van der Waals surface area contributed by atoms with E-state index in [1.54, 1.807) is 6.07 Å². The highest BCUT2D eigenvalue weighted by molar-refractivity contribution is 5.97. The third kappa shape index (κ3) is 3.03. The van der Waals surface area contributed by atoms with Gasteiger partial charge < -0.3 is 4.42 Å². The van der Waals surface area contributed by atoms with Crippen molar-refractivity contribution in [3.8, 4) is 11.1 Å². The highest BCUT2D eigenvalue weighted by Crippen LogP contribution is 2.25. The van der Waals surface area contributed by atoms with Gasteiger partial charge in [-0.05, 0) is 30.0 Å². The second-order valence-corrected chi connectivity index (χ2v) is 4.44. The van der Waals surface area contributed by atoms with E-state index in [9.17, 15) is 4.79 Å². The molecule has 0 spiro atoms. The van der Waals surface area contributed by atoms with E-state index in [0.717, 1.165) is 17.5 Å². The lowest BCUT2D eigenvalue weighted by Crippen LogP contribution is -2.29. The number of nitrogens with two attached hydrogens (primary N) is 1. The monoisotopic (exact) mass is 258 g/mol. The van der Waals surface area contributed by atoms with Gasteiger partial charge in [-0.3, -0.25) is 10.2 Å². The van der Waals surface area contributed by atoms with Crippen molar-refractivity contribution in [2.24, 2.45) is 5.84 Å². The summed E-state index contributed by atoms with van der Waals surface area (Å²) in [6.45, 7) is 2.18. The van der Waals surface area contributed by atoms with Gasteiger partial charge in [0.1, 0.15) is 0 Å². The normalized spacial score (nSPS) is 10.4. The molecule has 3 N–H and O–H groups in total. The summed E-state index contributed by atoms with van der Waals surface area (Å²) in [6, 6.07) is 9.95. The number of aryl methyl sites for hydroxylation is 1. The lowest BCUT2D eigenvalue weighted by molar-refractivity contribution is 0.0927. The Hall–Kier alpha value is -2.07. The van der Waals surface area contributed by atoms with Gasteiger partial charge in [0.15, 0.2) is 5.76 Å². The molecule has 0 unspecified atom stereocenters. The third-order valence-corrected chi connectivity index (χ3v) is 3.09. The average Bonchev–Trinajstić information content (AvgIpc) is 2.94. The Morgan fingerprint density at radius 3 is 2.63 bits per heavy atom. The topological polar surface area (TPSA) is 68.3 Å². The standard InChI is InChI=1S/C15H18N2O2/c1-2-3-4-11-5-7-12(8-6-11)13-9-10-19-14(13)15(18)17-16/h5-10H,2-4,16H2,1H3,(H,17,18). The van der Waals surface area contributed by atoms with E-state index in [-0.39, 0.29) is 5.76 Å². The quantitative estimate of drug-likeness (QED) is 0.492. The summed E-state index contributed by atoms with van der Waals surface area (Å²) in [4.78, 5) is 11.5. The largest absolute Gasteiger partial charge is 0.458 e. The Bertz CT molecular complexity index is 544. The fraction of sp³-hybridized carbons (Fsp3) is 0.267. The van der Waals surface area contributed by atoms with Crippen LogP contribution < -0.4 is 11.3 Å². The number of carbonyl (C=O) groups is 1. The van der Waals surface area contributed by atoms with E-state index >= 15 is 0 Å². The Labute approximate surface area is 112 Å². The summed E-state index contributed by atoms with van der Waals surface area (Å²) in [5.41, 5.74) is 5.09. The minimum absolute atomic E-state index is 0.240. The van der Waals surface area contributed by atoms with Gasteiger partial charge in [-0.1, -0.05) is 37.6 Å². The average molecular weight is 258 g/mol. The summed E-state index contributed by atoms with van der Waals surface area (Å²) in [5, 5.41) is 0. The van der Waals surface area contributed by atoms with Crippen LogP contribution in [0, 0.1) is 0 Å². The van der Waals surface area contributed by atoms with E-state index in [0.29, 0.717) is 0 Å². The van der Waals surface area contributed by atoms with Crippen molar-refractivity contribution in [3.05, 3.63) is 47.9 Å². The summed E-state index contributed by atoms with van der Waals surface area (Å²) in [6.07, 6.45) is 4.94. The number of carbonyl (C=O) groups excluding carboxylic acids is 1. The number of unbranched alkanes of at least 4 members (excludes halogenated alkanes) is 1. The van der Waals surface area contributed by atoms with E-state index < -0.39 is 5.91 Å². The summed E-state index contributed by atoms with van der Waals surface area (Å²) >= 11 is 0. The zero-order chi connectivity index (χ0) is 13.7. The van der Waals surface area contributed by atoms with Crippen molar-refractivity contribution in [3.63, 3.8) is 0 Å². The predicted octanol–water partition coefficient (Wildman–Crippen LogP) is 2.89. The summed E-state index contributed by atoms with van der Waals surface area (Å²) in [7, 11) is 0. The number of rotatable bonds is 5. The van der Waals surface area contributed by atoms with Crippen molar-refractivity contribution < 1.29 is 9.21 Å². The van der Waals surface area contributed by atoms with Gasteiger partial charge in [0, 0.05) is 5.56 Å². The van der Waals surface area contributed by atoms with Gasteiger partial charge in [-0.15, -0.1) is 0 Å². The number of hydrogen-bond donors (Lipinski definition) is 2. The Morgan fingerprint density at radius 2 is 2.00 bits per heavy atom. The van der Waals surface area contributed by atoms with Crippen LogP contribution in [0.5, 0.6) is 0 Å². The number of hydrazine groups is 1. The fourth-order valence-corrected chi connectivity index (χ4v) is 2.01. The molecule has 19 heavy (non-hydrogen) atoms. The van der Waals surface area contributed by atoms with Gasteiger partial charge >= 0.3 is 5.91 Å². The van der Waals surface area contributed by atoms with Crippen molar-refractivity contribution in [2.45, 2.75) is 26.2 Å². The molecule has 4 nitrogen and oxygen atoms in total. The molecular formula is C15H18N2O2. The van der Waals surface area contributed by atoms with Crippen LogP contribution in [0.15, 0.2) is 41.0 Å². The minimum atomic E-state index is -0.421. The molecule has 0 aliphatic rings. The van der Waals surface area contributed by atoms with Crippen LogP contribution in [0.2, 0.25) is 0 Å². The molecule has 0 aliphatic carbocycles. The highest BCUT2D eigenvalue weighted by atomic mass is 16.3. The molecule has 2 rings (SSSR count). The van der Waals surface area contributed by atoms with E-state index in [1.807, 2.05) is 12.1 Å². The predicted molar refractivity (Wildman–Crippen MR) is 74.4 cm³/mol. The zero-order valence-corrected chi connectivity index (χ0v) is 11.0. The van der Waals surface area contributed by atoms with Crippen molar-refractivity contribution in [1.82, 2.24) is 5.43 Å². The van der Waals surface area contributed by atoms with E-state index in [4.69, 9.17) is 10.3 Å². The van der Waals surface area contributed by atoms with Crippen LogP contribution in [-0.4, -0.2) is 5.91 Å². The second kappa shape index (κ2) is 6.20. The molecule has 0 radical (unpaired) electrons. The molecule has 0 aliphatic heterocycles. The maximum Gasteiger partial charge on any atom is 0.301 e. The van der Waals surface area contributed by atoms with E-state index in [1.165, 1.54) is 24.7 Å². The number of nitrogens with one attached hydrogen (secondary N) is 1. The Morgan fingerprint density at radius 1 is 1.26 bits per heavy atom. The number of benzene rings is 1. The molecule has 0 atom stereocenters. The molecular weight excluding hydrogens is 240 g/mol.